The monoisotopic (exact) mass is 260 g/mol. The van der Waals surface area contributed by atoms with E-state index in [2.05, 4.69) is 17.2 Å². The predicted molar refractivity (Wildman–Crippen MR) is 73.0 cm³/mol. The average Bonchev–Trinajstić information content (AvgIpc) is 2.39. The fourth-order valence-electron chi connectivity index (χ4n) is 1.59. The quantitative estimate of drug-likeness (QED) is 0.917. The van der Waals surface area contributed by atoms with Crippen LogP contribution in [-0.4, -0.2) is 10.9 Å². The Hall–Kier alpha value is -1.87. The number of nitrogens with zero attached hydrogens (tertiary/aromatic N) is 1. The van der Waals surface area contributed by atoms with Crippen LogP contribution in [-0.2, 0) is 6.42 Å². The van der Waals surface area contributed by atoms with E-state index in [0.717, 1.165) is 12.1 Å². The first kappa shape index (κ1) is 12.6. The molecule has 0 saturated carbocycles. The van der Waals surface area contributed by atoms with E-state index in [0.29, 0.717) is 10.7 Å². The number of aryl methyl sites for hydroxylation is 1. The standard InChI is InChI=1S/C14H13ClN2O/c1-2-10-4-3-5-12(8-10)17-14(18)13-9-11(15)6-7-16-13/h3-9H,2H2,1H3,(H,17,18). The van der Waals surface area contributed by atoms with Crippen molar-refractivity contribution in [3.05, 3.63) is 58.9 Å². The predicted octanol–water partition coefficient (Wildman–Crippen LogP) is 3.55. The van der Waals surface area contributed by atoms with Gasteiger partial charge in [0.25, 0.3) is 5.91 Å². The number of amides is 1. The molecule has 0 spiro atoms. The molecule has 1 N–H and O–H groups in total. The topological polar surface area (TPSA) is 42.0 Å². The Morgan fingerprint density at radius 1 is 1.33 bits per heavy atom. The van der Waals surface area contributed by atoms with Crippen LogP contribution in [0.3, 0.4) is 0 Å². The largest absolute Gasteiger partial charge is 0.321 e. The molecular weight excluding hydrogens is 248 g/mol. The summed E-state index contributed by atoms with van der Waals surface area (Å²) in [7, 11) is 0. The highest BCUT2D eigenvalue weighted by atomic mass is 35.5. The lowest BCUT2D eigenvalue weighted by atomic mass is 10.1. The molecule has 1 heterocycles. The molecule has 0 aliphatic heterocycles. The van der Waals surface area contributed by atoms with Gasteiger partial charge in [0.05, 0.1) is 0 Å². The van der Waals surface area contributed by atoms with E-state index in [1.54, 1.807) is 12.1 Å². The first-order valence-corrected chi connectivity index (χ1v) is 6.08. The van der Waals surface area contributed by atoms with Crippen molar-refractivity contribution < 1.29 is 4.79 Å². The van der Waals surface area contributed by atoms with Gasteiger partial charge in [0.2, 0.25) is 0 Å². The molecule has 92 valence electrons. The third-order valence-electron chi connectivity index (χ3n) is 2.55. The van der Waals surface area contributed by atoms with Crippen LogP contribution in [0.15, 0.2) is 42.6 Å². The second-order valence-corrected chi connectivity index (χ2v) is 4.30. The van der Waals surface area contributed by atoms with Crippen molar-refractivity contribution in [2.75, 3.05) is 5.32 Å². The number of aromatic nitrogens is 1. The van der Waals surface area contributed by atoms with E-state index in [4.69, 9.17) is 11.6 Å². The number of rotatable bonds is 3. The summed E-state index contributed by atoms with van der Waals surface area (Å²) in [5, 5.41) is 3.30. The summed E-state index contributed by atoms with van der Waals surface area (Å²) < 4.78 is 0. The molecule has 0 saturated heterocycles. The molecule has 2 rings (SSSR count). The normalized spacial score (nSPS) is 10.1. The molecule has 1 amide bonds. The zero-order valence-electron chi connectivity index (χ0n) is 9.98. The zero-order chi connectivity index (χ0) is 13.0. The van der Waals surface area contributed by atoms with Crippen molar-refractivity contribution in [2.24, 2.45) is 0 Å². The van der Waals surface area contributed by atoms with Gasteiger partial charge in [-0.2, -0.15) is 0 Å². The van der Waals surface area contributed by atoms with Crippen LogP contribution in [0.2, 0.25) is 5.02 Å². The second kappa shape index (κ2) is 5.65. The number of halogens is 1. The van der Waals surface area contributed by atoms with Crippen LogP contribution in [0.5, 0.6) is 0 Å². The maximum Gasteiger partial charge on any atom is 0.274 e. The van der Waals surface area contributed by atoms with Crippen molar-refractivity contribution in [2.45, 2.75) is 13.3 Å². The van der Waals surface area contributed by atoms with Gasteiger partial charge in [0.15, 0.2) is 0 Å². The molecule has 0 aliphatic rings. The van der Waals surface area contributed by atoms with Crippen molar-refractivity contribution in [1.82, 2.24) is 4.98 Å². The Bertz CT molecular complexity index is 569. The first-order chi connectivity index (χ1) is 8.69. The van der Waals surface area contributed by atoms with Crippen molar-refractivity contribution in [3.63, 3.8) is 0 Å². The van der Waals surface area contributed by atoms with Gasteiger partial charge in [-0.3, -0.25) is 9.78 Å². The third-order valence-corrected chi connectivity index (χ3v) is 2.78. The number of benzene rings is 1. The van der Waals surface area contributed by atoms with Crippen LogP contribution in [0.4, 0.5) is 5.69 Å². The molecule has 3 nitrogen and oxygen atoms in total. The smallest absolute Gasteiger partial charge is 0.274 e. The molecule has 0 atom stereocenters. The number of anilines is 1. The molecule has 4 heteroatoms. The lowest BCUT2D eigenvalue weighted by molar-refractivity contribution is 0.102. The fourth-order valence-corrected chi connectivity index (χ4v) is 1.75. The average molecular weight is 261 g/mol. The van der Waals surface area contributed by atoms with E-state index in [1.807, 2.05) is 24.3 Å². The Morgan fingerprint density at radius 2 is 2.17 bits per heavy atom. The maximum atomic E-state index is 11.9. The lowest BCUT2D eigenvalue weighted by Crippen LogP contribution is -2.13. The molecule has 0 unspecified atom stereocenters. The van der Waals surface area contributed by atoms with Crippen molar-refractivity contribution >= 4 is 23.2 Å². The van der Waals surface area contributed by atoms with E-state index >= 15 is 0 Å². The third kappa shape index (κ3) is 3.08. The number of carbonyl (C=O) groups is 1. The summed E-state index contributed by atoms with van der Waals surface area (Å²) in [6.45, 7) is 2.07. The molecule has 1 aromatic heterocycles. The number of nitrogens with one attached hydrogen (secondary N) is 1. The molecule has 2 aromatic rings. The molecule has 0 bridgehead atoms. The minimum Gasteiger partial charge on any atom is -0.321 e. The Morgan fingerprint density at radius 3 is 2.89 bits per heavy atom. The van der Waals surface area contributed by atoms with Crippen LogP contribution < -0.4 is 5.32 Å². The van der Waals surface area contributed by atoms with E-state index < -0.39 is 0 Å². The zero-order valence-corrected chi connectivity index (χ0v) is 10.7. The summed E-state index contributed by atoms with van der Waals surface area (Å²) in [5.41, 5.74) is 2.25. The summed E-state index contributed by atoms with van der Waals surface area (Å²) in [6, 6.07) is 10.9. The summed E-state index contributed by atoms with van der Waals surface area (Å²) in [6.07, 6.45) is 2.44. The first-order valence-electron chi connectivity index (χ1n) is 5.71. The fraction of sp³-hybridized carbons (Fsp3) is 0.143. The van der Waals surface area contributed by atoms with Crippen molar-refractivity contribution in [1.29, 1.82) is 0 Å². The highest BCUT2D eigenvalue weighted by Crippen LogP contribution is 2.13. The molecule has 1 aromatic carbocycles. The molecule has 0 radical (unpaired) electrons. The van der Waals surface area contributed by atoms with Gasteiger partial charge in [0.1, 0.15) is 5.69 Å². The van der Waals surface area contributed by atoms with Gasteiger partial charge in [-0.25, -0.2) is 0 Å². The summed E-state index contributed by atoms with van der Waals surface area (Å²) in [4.78, 5) is 15.9. The van der Waals surface area contributed by atoms with Gasteiger partial charge in [-0.15, -0.1) is 0 Å². The van der Waals surface area contributed by atoms with E-state index in [-0.39, 0.29) is 5.91 Å². The molecule has 18 heavy (non-hydrogen) atoms. The Labute approximate surface area is 111 Å². The highest BCUT2D eigenvalue weighted by Gasteiger charge is 2.08. The lowest BCUT2D eigenvalue weighted by Gasteiger charge is -2.06. The van der Waals surface area contributed by atoms with Gasteiger partial charge in [0, 0.05) is 16.9 Å². The van der Waals surface area contributed by atoms with E-state index in [9.17, 15) is 4.79 Å². The number of carbonyl (C=O) groups excluding carboxylic acids is 1. The van der Waals surface area contributed by atoms with Crippen LogP contribution in [0.25, 0.3) is 0 Å². The van der Waals surface area contributed by atoms with Gasteiger partial charge in [-0.05, 0) is 36.2 Å². The summed E-state index contributed by atoms with van der Waals surface area (Å²) >= 11 is 5.82. The van der Waals surface area contributed by atoms with Gasteiger partial charge < -0.3 is 5.32 Å². The molecule has 0 fully saturated rings. The minimum atomic E-state index is -0.259. The molecular formula is C14H13ClN2O. The van der Waals surface area contributed by atoms with Crippen LogP contribution in [0.1, 0.15) is 23.0 Å². The van der Waals surface area contributed by atoms with Crippen LogP contribution >= 0.6 is 11.6 Å². The molecule has 0 aliphatic carbocycles. The van der Waals surface area contributed by atoms with Crippen molar-refractivity contribution in [3.8, 4) is 0 Å². The Balaban J connectivity index is 2.16. The Kier molecular flexibility index (Phi) is 3.95. The maximum absolute atomic E-state index is 11.9. The van der Waals surface area contributed by atoms with Gasteiger partial charge in [-0.1, -0.05) is 30.7 Å². The van der Waals surface area contributed by atoms with Crippen LogP contribution in [0, 0.1) is 0 Å². The minimum absolute atomic E-state index is 0.259. The summed E-state index contributed by atoms with van der Waals surface area (Å²) in [5.74, 6) is -0.259. The number of pyridine rings is 1. The van der Waals surface area contributed by atoms with Gasteiger partial charge >= 0.3 is 0 Å². The second-order valence-electron chi connectivity index (χ2n) is 3.87. The number of hydrogen-bond donors (Lipinski definition) is 1. The highest BCUT2D eigenvalue weighted by molar-refractivity contribution is 6.30. The van der Waals surface area contributed by atoms with E-state index in [1.165, 1.54) is 11.8 Å². The number of hydrogen-bond acceptors (Lipinski definition) is 2. The SMILES string of the molecule is CCc1cccc(NC(=O)c2cc(Cl)ccn2)c1.